The predicted octanol–water partition coefficient (Wildman–Crippen LogP) is 0.575. The summed E-state index contributed by atoms with van der Waals surface area (Å²) in [4.78, 5) is 11.1. The van der Waals surface area contributed by atoms with Gasteiger partial charge in [0, 0.05) is 12.0 Å². The summed E-state index contributed by atoms with van der Waals surface area (Å²) >= 11 is 0. The van der Waals surface area contributed by atoms with E-state index in [4.69, 9.17) is 0 Å². The maximum absolute atomic E-state index is 11.1. The molecule has 0 unspecified atom stereocenters. The van der Waals surface area contributed by atoms with Crippen molar-refractivity contribution in [2.75, 3.05) is 13.1 Å². The third kappa shape index (κ3) is 0.655. The Bertz CT molecular complexity index is 165. The Morgan fingerprint density at radius 3 is 2.60 bits per heavy atom. The third-order valence-electron chi connectivity index (χ3n) is 3.00. The zero-order chi connectivity index (χ0) is 7.19. The average Bonchev–Trinajstić information content (AvgIpc) is 1.87. The number of nitrogens with one attached hydrogen (secondary N) is 1. The highest BCUT2D eigenvalue weighted by Crippen LogP contribution is 2.48. The van der Waals surface area contributed by atoms with Gasteiger partial charge in [-0.25, -0.2) is 0 Å². The Kier molecular flexibility index (Phi) is 1.15. The molecule has 0 aromatic rings. The van der Waals surface area contributed by atoms with Crippen molar-refractivity contribution in [1.29, 1.82) is 0 Å². The highest BCUT2D eigenvalue weighted by Gasteiger charge is 2.50. The maximum Gasteiger partial charge on any atom is 0.137 e. The van der Waals surface area contributed by atoms with E-state index in [1.165, 1.54) is 0 Å². The highest BCUT2D eigenvalue weighted by atomic mass is 16.1. The molecule has 56 valence electrons. The minimum absolute atomic E-state index is 0.0723. The number of carbonyl (C=O) groups excluding carboxylic acids is 1. The third-order valence-corrected chi connectivity index (χ3v) is 3.00. The Hall–Kier alpha value is -0.370. The molecule has 2 heteroatoms. The second-order valence-corrected chi connectivity index (χ2v) is 3.74. The molecule has 1 N–H and O–H groups in total. The highest BCUT2D eigenvalue weighted by molar-refractivity contribution is 5.83. The van der Waals surface area contributed by atoms with Gasteiger partial charge in [-0.1, -0.05) is 0 Å². The number of hydrogen-bond acceptors (Lipinski definition) is 2. The largest absolute Gasteiger partial charge is 0.315 e. The summed E-state index contributed by atoms with van der Waals surface area (Å²) in [5.74, 6) is 1.19. The molecule has 1 saturated carbocycles. The Morgan fingerprint density at radius 2 is 2.30 bits per heavy atom. The SMILES string of the molecule is CC(=O)C12CNCC(C1)C2. The monoisotopic (exact) mass is 139 g/mol. The van der Waals surface area contributed by atoms with Crippen LogP contribution in [-0.2, 0) is 4.79 Å². The fourth-order valence-electron chi connectivity index (χ4n) is 2.26. The van der Waals surface area contributed by atoms with Crippen LogP contribution in [0.2, 0.25) is 0 Å². The van der Waals surface area contributed by atoms with Gasteiger partial charge in [-0.05, 0) is 32.2 Å². The molecule has 3 rings (SSSR count). The lowest BCUT2D eigenvalue weighted by molar-refractivity contribution is -0.137. The van der Waals surface area contributed by atoms with Crippen LogP contribution in [0.4, 0.5) is 0 Å². The summed E-state index contributed by atoms with van der Waals surface area (Å²) in [6, 6.07) is 0. The molecule has 2 aliphatic heterocycles. The van der Waals surface area contributed by atoms with Crippen molar-refractivity contribution in [3.05, 3.63) is 0 Å². The molecular formula is C8H13NO. The Morgan fingerprint density at radius 1 is 1.60 bits per heavy atom. The van der Waals surface area contributed by atoms with Gasteiger partial charge in [0.05, 0.1) is 0 Å². The van der Waals surface area contributed by atoms with E-state index < -0.39 is 0 Å². The lowest BCUT2D eigenvalue weighted by Gasteiger charge is -2.51. The number of rotatable bonds is 1. The molecule has 1 aliphatic carbocycles. The molecule has 0 atom stereocenters. The van der Waals surface area contributed by atoms with Crippen LogP contribution in [-0.4, -0.2) is 18.9 Å². The molecule has 3 fully saturated rings. The zero-order valence-electron chi connectivity index (χ0n) is 6.31. The first kappa shape index (κ1) is 6.35. The number of piperidine rings is 2. The topological polar surface area (TPSA) is 29.1 Å². The van der Waals surface area contributed by atoms with Gasteiger partial charge in [-0.3, -0.25) is 4.79 Å². The minimum atomic E-state index is 0.0723. The van der Waals surface area contributed by atoms with E-state index in [1.807, 2.05) is 0 Å². The number of carbonyl (C=O) groups is 1. The van der Waals surface area contributed by atoms with Crippen molar-refractivity contribution in [1.82, 2.24) is 5.32 Å². The van der Waals surface area contributed by atoms with Crippen molar-refractivity contribution >= 4 is 5.78 Å². The maximum atomic E-state index is 11.1. The molecule has 0 radical (unpaired) electrons. The summed E-state index contributed by atoms with van der Waals surface area (Å²) in [5, 5.41) is 3.29. The molecule has 10 heavy (non-hydrogen) atoms. The Balaban J connectivity index is 2.12. The van der Waals surface area contributed by atoms with Crippen molar-refractivity contribution in [3.63, 3.8) is 0 Å². The smallest absolute Gasteiger partial charge is 0.137 e. The molecule has 2 nitrogen and oxygen atoms in total. The standard InChI is InChI=1S/C8H13NO/c1-6(10)8-2-7(3-8)4-9-5-8/h7,9H,2-5H2,1H3. The molecule has 0 spiro atoms. The molecule has 2 saturated heterocycles. The predicted molar refractivity (Wildman–Crippen MR) is 38.7 cm³/mol. The number of ketones is 1. The van der Waals surface area contributed by atoms with Crippen LogP contribution in [0.3, 0.4) is 0 Å². The number of hydrogen-bond donors (Lipinski definition) is 1. The summed E-state index contributed by atoms with van der Waals surface area (Å²) < 4.78 is 0. The van der Waals surface area contributed by atoms with E-state index in [2.05, 4.69) is 5.32 Å². The van der Waals surface area contributed by atoms with Crippen molar-refractivity contribution in [3.8, 4) is 0 Å². The first-order valence-corrected chi connectivity index (χ1v) is 3.95. The molecule has 0 aromatic heterocycles. The van der Waals surface area contributed by atoms with Gasteiger partial charge in [-0.15, -0.1) is 0 Å². The second kappa shape index (κ2) is 1.82. The lowest BCUT2D eigenvalue weighted by atomic mass is 9.57. The average molecular weight is 139 g/mol. The molecule has 2 heterocycles. The van der Waals surface area contributed by atoms with Crippen molar-refractivity contribution in [2.45, 2.75) is 19.8 Å². The summed E-state index contributed by atoms with van der Waals surface area (Å²) in [7, 11) is 0. The van der Waals surface area contributed by atoms with Gasteiger partial charge in [0.1, 0.15) is 5.78 Å². The van der Waals surface area contributed by atoms with E-state index >= 15 is 0 Å². The van der Waals surface area contributed by atoms with E-state index in [0.29, 0.717) is 5.78 Å². The molecule has 0 amide bonds. The van der Waals surface area contributed by atoms with Crippen LogP contribution in [0.5, 0.6) is 0 Å². The fraction of sp³-hybridized carbons (Fsp3) is 0.875. The van der Waals surface area contributed by atoms with Gasteiger partial charge >= 0.3 is 0 Å². The quantitative estimate of drug-likeness (QED) is 0.575. The van der Waals surface area contributed by atoms with E-state index in [1.54, 1.807) is 6.92 Å². The van der Waals surface area contributed by atoms with Gasteiger partial charge in [0.2, 0.25) is 0 Å². The first-order valence-electron chi connectivity index (χ1n) is 3.95. The summed E-state index contributed by atoms with van der Waals surface area (Å²) in [6.45, 7) is 3.79. The fourth-order valence-corrected chi connectivity index (χ4v) is 2.26. The number of fused-ring (bicyclic) bond motifs is 2. The summed E-state index contributed by atoms with van der Waals surface area (Å²) in [5.41, 5.74) is 0.0723. The number of Topliss-reactive ketones (excluding diaryl/α,β-unsaturated/α-hetero) is 1. The van der Waals surface area contributed by atoms with Crippen LogP contribution in [0.25, 0.3) is 0 Å². The normalized spacial score (nSPS) is 44.3. The molecular weight excluding hydrogens is 126 g/mol. The molecule has 0 aromatic carbocycles. The van der Waals surface area contributed by atoms with E-state index in [-0.39, 0.29) is 5.41 Å². The van der Waals surface area contributed by atoms with Crippen LogP contribution in [0, 0.1) is 11.3 Å². The summed E-state index contributed by atoms with van der Waals surface area (Å²) in [6.07, 6.45) is 2.30. The lowest BCUT2D eigenvalue weighted by Crippen LogP contribution is -2.57. The minimum Gasteiger partial charge on any atom is -0.315 e. The Labute approximate surface area is 61.0 Å². The molecule has 3 aliphatic rings. The van der Waals surface area contributed by atoms with Gasteiger partial charge in [-0.2, -0.15) is 0 Å². The van der Waals surface area contributed by atoms with E-state index in [0.717, 1.165) is 31.8 Å². The van der Waals surface area contributed by atoms with E-state index in [9.17, 15) is 4.79 Å². The van der Waals surface area contributed by atoms with Crippen LogP contribution >= 0.6 is 0 Å². The van der Waals surface area contributed by atoms with Crippen LogP contribution in [0.15, 0.2) is 0 Å². The zero-order valence-corrected chi connectivity index (χ0v) is 6.31. The van der Waals surface area contributed by atoms with Gasteiger partial charge in [0.15, 0.2) is 0 Å². The first-order chi connectivity index (χ1) is 4.73. The molecule has 2 bridgehead atoms. The van der Waals surface area contributed by atoms with Crippen molar-refractivity contribution < 1.29 is 4.79 Å². The van der Waals surface area contributed by atoms with Crippen LogP contribution in [0.1, 0.15) is 19.8 Å². The van der Waals surface area contributed by atoms with Crippen molar-refractivity contribution in [2.24, 2.45) is 11.3 Å². The van der Waals surface area contributed by atoms with Gasteiger partial charge in [0.25, 0.3) is 0 Å². The van der Waals surface area contributed by atoms with Crippen LogP contribution < -0.4 is 5.32 Å². The van der Waals surface area contributed by atoms with Gasteiger partial charge < -0.3 is 5.32 Å². The second-order valence-electron chi connectivity index (χ2n) is 3.74.